The van der Waals surface area contributed by atoms with Crippen molar-refractivity contribution in [2.75, 3.05) is 46.3 Å². The van der Waals surface area contributed by atoms with Crippen molar-refractivity contribution in [1.82, 2.24) is 14.7 Å². The molecule has 0 aromatic heterocycles. The zero-order chi connectivity index (χ0) is 18.0. The predicted molar refractivity (Wildman–Crippen MR) is 92.8 cm³/mol. The Kier molecular flexibility index (Phi) is 6.02. The minimum Gasteiger partial charge on any atom is -0.304 e. The number of hydrogen-bond donors (Lipinski definition) is 0. The molecule has 6 heteroatoms. The van der Waals surface area contributed by atoms with Crippen molar-refractivity contribution in [1.29, 1.82) is 0 Å². The third kappa shape index (κ3) is 4.36. The van der Waals surface area contributed by atoms with Gasteiger partial charge in [-0.3, -0.25) is 9.80 Å². The molecule has 1 atom stereocenters. The molecule has 2 fully saturated rings. The Labute approximate surface area is 148 Å². The average Bonchev–Trinajstić information content (AvgIpc) is 2.63. The summed E-state index contributed by atoms with van der Waals surface area (Å²) in [7, 11) is 2.16. The number of halogens is 3. The molecule has 0 aliphatic carbocycles. The molecule has 2 aliphatic heterocycles. The molecule has 3 nitrogen and oxygen atoms in total. The molecule has 1 aromatic carbocycles. The van der Waals surface area contributed by atoms with Crippen molar-refractivity contribution < 1.29 is 13.2 Å². The first-order chi connectivity index (χ1) is 12.0. The van der Waals surface area contributed by atoms with Gasteiger partial charge in [-0.15, -0.1) is 0 Å². The van der Waals surface area contributed by atoms with E-state index in [0.29, 0.717) is 18.5 Å². The van der Waals surface area contributed by atoms with Crippen LogP contribution in [-0.4, -0.2) is 67.1 Å². The maximum atomic E-state index is 13.8. The normalized spacial score (nSPS) is 23.1. The largest absolute Gasteiger partial charge is 0.304 e. The Morgan fingerprint density at radius 2 is 1.60 bits per heavy atom. The highest BCUT2D eigenvalue weighted by molar-refractivity contribution is 5.20. The van der Waals surface area contributed by atoms with Gasteiger partial charge in [-0.1, -0.05) is 6.07 Å². The van der Waals surface area contributed by atoms with E-state index in [0.717, 1.165) is 58.2 Å². The van der Waals surface area contributed by atoms with E-state index in [1.807, 2.05) is 0 Å². The van der Waals surface area contributed by atoms with Gasteiger partial charge in [0.05, 0.1) is 0 Å². The van der Waals surface area contributed by atoms with Crippen molar-refractivity contribution >= 4 is 0 Å². The molecule has 0 bridgehead atoms. The molecular weight excluding hydrogens is 327 g/mol. The smallest absolute Gasteiger partial charge is 0.194 e. The fourth-order valence-corrected chi connectivity index (χ4v) is 4.05. The molecule has 0 spiro atoms. The topological polar surface area (TPSA) is 9.72 Å². The van der Waals surface area contributed by atoms with Gasteiger partial charge < -0.3 is 4.90 Å². The summed E-state index contributed by atoms with van der Waals surface area (Å²) in [5, 5.41) is 0. The molecular formula is C19H28F3N3. The van der Waals surface area contributed by atoms with Gasteiger partial charge >= 0.3 is 0 Å². The molecule has 1 aromatic rings. The quantitative estimate of drug-likeness (QED) is 0.769. The van der Waals surface area contributed by atoms with Gasteiger partial charge in [-0.2, -0.15) is 0 Å². The van der Waals surface area contributed by atoms with Crippen LogP contribution in [0.15, 0.2) is 12.1 Å². The minimum absolute atomic E-state index is 0.240. The van der Waals surface area contributed by atoms with E-state index >= 15 is 0 Å². The summed E-state index contributed by atoms with van der Waals surface area (Å²) in [4.78, 5) is 7.08. The lowest BCUT2D eigenvalue weighted by Crippen LogP contribution is -2.51. The van der Waals surface area contributed by atoms with Crippen LogP contribution in [0, 0.1) is 23.4 Å². The minimum atomic E-state index is -1.36. The van der Waals surface area contributed by atoms with Crippen LogP contribution >= 0.6 is 0 Å². The maximum Gasteiger partial charge on any atom is 0.194 e. The monoisotopic (exact) mass is 355 g/mol. The number of likely N-dealkylation sites (N-methyl/N-ethyl adjacent to an activating group) is 1. The summed E-state index contributed by atoms with van der Waals surface area (Å²) in [5.41, 5.74) is 0.240. The second kappa shape index (κ2) is 8.06. The highest BCUT2D eigenvalue weighted by Crippen LogP contribution is 2.26. The molecule has 0 saturated carbocycles. The van der Waals surface area contributed by atoms with Crippen molar-refractivity contribution in [3.8, 4) is 0 Å². The van der Waals surface area contributed by atoms with E-state index in [2.05, 4.69) is 28.7 Å². The number of hydrogen-bond acceptors (Lipinski definition) is 3. The van der Waals surface area contributed by atoms with Gasteiger partial charge in [-0.25, -0.2) is 13.2 Å². The highest BCUT2D eigenvalue weighted by atomic mass is 19.2. The summed E-state index contributed by atoms with van der Waals surface area (Å²) in [6, 6.07) is 2.93. The van der Waals surface area contributed by atoms with E-state index < -0.39 is 17.5 Å². The van der Waals surface area contributed by atoms with Crippen LogP contribution in [0.2, 0.25) is 0 Å². The molecule has 2 heterocycles. The highest BCUT2D eigenvalue weighted by Gasteiger charge is 2.29. The summed E-state index contributed by atoms with van der Waals surface area (Å²) >= 11 is 0. The zero-order valence-electron chi connectivity index (χ0n) is 15.1. The summed E-state index contributed by atoms with van der Waals surface area (Å²) < 4.78 is 40.3. The van der Waals surface area contributed by atoms with Gasteiger partial charge in [0.25, 0.3) is 0 Å². The van der Waals surface area contributed by atoms with Crippen molar-refractivity contribution in [3.05, 3.63) is 35.1 Å². The van der Waals surface area contributed by atoms with Crippen LogP contribution in [0.3, 0.4) is 0 Å². The summed E-state index contributed by atoms with van der Waals surface area (Å²) in [6.45, 7) is 8.91. The van der Waals surface area contributed by atoms with Crippen LogP contribution in [-0.2, 0) is 6.54 Å². The van der Waals surface area contributed by atoms with E-state index in [1.165, 1.54) is 6.07 Å². The summed E-state index contributed by atoms with van der Waals surface area (Å²) in [6.07, 6.45) is 2.14. The Hall–Kier alpha value is -1.11. The third-order valence-electron chi connectivity index (χ3n) is 5.94. The van der Waals surface area contributed by atoms with Gasteiger partial charge in [0.15, 0.2) is 17.5 Å². The van der Waals surface area contributed by atoms with Crippen molar-refractivity contribution in [2.45, 2.75) is 32.4 Å². The van der Waals surface area contributed by atoms with Crippen LogP contribution in [0.4, 0.5) is 13.2 Å². The van der Waals surface area contributed by atoms with Crippen molar-refractivity contribution in [3.63, 3.8) is 0 Å². The van der Waals surface area contributed by atoms with Crippen molar-refractivity contribution in [2.24, 2.45) is 5.92 Å². The number of piperidine rings is 1. The van der Waals surface area contributed by atoms with Crippen LogP contribution in [0.5, 0.6) is 0 Å². The molecule has 25 heavy (non-hydrogen) atoms. The lowest BCUT2D eigenvalue weighted by Gasteiger charge is -2.42. The number of piperazine rings is 1. The Balaban J connectivity index is 1.51. The van der Waals surface area contributed by atoms with Gasteiger partial charge in [0.1, 0.15) is 0 Å². The van der Waals surface area contributed by atoms with Gasteiger partial charge in [0, 0.05) is 44.3 Å². The first-order valence-corrected chi connectivity index (χ1v) is 9.23. The third-order valence-corrected chi connectivity index (χ3v) is 5.94. The Bertz CT molecular complexity index is 580. The van der Waals surface area contributed by atoms with Crippen LogP contribution < -0.4 is 0 Å². The number of likely N-dealkylation sites (tertiary alicyclic amines) is 1. The molecule has 3 rings (SSSR count). The first-order valence-electron chi connectivity index (χ1n) is 9.23. The van der Waals surface area contributed by atoms with E-state index in [4.69, 9.17) is 0 Å². The molecule has 2 aliphatic rings. The van der Waals surface area contributed by atoms with Crippen LogP contribution in [0.25, 0.3) is 0 Å². The van der Waals surface area contributed by atoms with E-state index in [9.17, 15) is 13.2 Å². The number of nitrogens with zero attached hydrogens (tertiary/aromatic N) is 3. The second-order valence-electron chi connectivity index (χ2n) is 7.53. The van der Waals surface area contributed by atoms with E-state index in [-0.39, 0.29) is 5.56 Å². The lowest BCUT2D eigenvalue weighted by atomic mass is 9.89. The SMILES string of the molecule is CC(C1CCN(Cc2ccc(F)c(F)c2F)CC1)N1CCN(C)CC1. The molecule has 1 unspecified atom stereocenters. The van der Waals surface area contributed by atoms with Gasteiger partial charge in [-0.05, 0) is 51.9 Å². The van der Waals surface area contributed by atoms with Crippen LogP contribution in [0.1, 0.15) is 25.3 Å². The zero-order valence-corrected chi connectivity index (χ0v) is 15.1. The van der Waals surface area contributed by atoms with E-state index in [1.54, 1.807) is 0 Å². The van der Waals surface area contributed by atoms with Gasteiger partial charge in [0.2, 0.25) is 0 Å². The number of benzene rings is 1. The molecule has 0 radical (unpaired) electrons. The second-order valence-corrected chi connectivity index (χ2v) is 7.53. The predicted octanol–water partition coefficient (Wildman–Crippen LogP) is 2.95. The molecule has 140 valence electrons. The lowest BCUT2D eigenvalue weighted by molar-refractivity contribution is 0.0595. The average molecular weight is 355 g/mol. The maximum absolute atomic E-state index is 13.8. The Morgan fingerprint density at radius 1 is 0.960 bits per heavy atom. The Morgan fingerprint density at radius 3 is 2.24 bits per heavy atom. The summed E-state index contributed by atoms with van der Waals surface area (Å²) in [5.74, 6) is -2.89. The number of rotatable bonds is 4. The fraction of sp³-hybridized carbons (Fsp3) is 0.684. The standard InChI is InChI=1S/C19H28F3N3/c1-14(25-11-9-23(2)10-12-25)15-5-7-24(8-6-15)13-16-3-4-17(20)19(22)18(16)21/h3-4,14-15H,5-13H2,1-2H3. The molecule has 2 saturated heterocycles. The molecule has 0 N–H and O–H groups in total. The fourth-order valence-electron chi connectivity index (χ4n) is 4.05. The first kappa shape index (κ1) is 18.7. The molecule has 0 amide bonds.